The molecule has 0 aromatic heterocycles. The fourth-order valence-electron chi connectivity index (χ4n) is 4.85. The molecular weight excluding hydrogens is 430 g/mol. The van der Waals surface area contributed by atoms with Gasteiger partial charge in [0.15, 0.2) is 0 Å². The van der Waals surface area contributed by atoms with Crippen LogP contribution in [0.1, 0.15) is 52.0 Å². The first-order chi connectivity index (χ1) is 14.5. The SMILES string of the molecule is CN(C)CCS(=O)(=O)N1[C@@H]2CC[C@H]1CC([C@H](Cc1ccccc1)N[S@@](=O)C(C)(C)C)C2. The van der Waals surface area contributed by atoms with E-state index in [-0.39, 0.29) is 28.6 Å². The molecule has 1 unspecified atom stereocenters. The number of rotatable bonds is 9. The normalized spacial score (nSPS) is 26.8. The summed E-state index contributed by atoms with van der Waals surface area (Å²) in [6, 6.07) is 10.5. The minimum Gasteiger partial charge on any atom is -0.308 e. The molecule has 2 saturated heterocycles. The lowest BCUT2D eigenvalue weighted by Gasteiger charge is -2.41. The van der Waals surface area contributed by atoms with E-state index in [2.05, 4.69) is 16.9 Å². The molecule has 2 aliphatic rings. The van der Waals surface area contributed by atoms with Gasteiger partial charge < -0.3 is 4.90 Å². The van der Waals surface area contributed by atoms with Crippen molar-refractivity contribution in [3.05, 3.63) is 35.9 Å². The van der Waals surface area contributed by atoms with Gasteiger partial charge in [0.1, 0.15) is 0 Å². The average molecular weight is 470 g/mol. The van der Waals surface area contributed by atoms with Gasteiger partial charge in [-0.3, -0.25) is 0 Å². The van der Waals surface area contributed by atoms with Gasteiger partial charge in [0.25, 0.3) is 0 Å². The summed E-state index contributed by atoms with van der Waals surface area (Å²) in [5.74, 6) is 0.488. The van der Waals surface area contributed by atoms with Crippen molar-refractivity contribution in [3.63, 3.8) is 0 Å². The lowest BCUT2D eigenvalue weighted by Crippen LogP contribution is -2.53. The Labute approximate surface area is 191 Å². The van der Waals surface area contributed by atoms with E-state index < -0.39 is 21.0 Å². The third-order valence-electron chi connectivity index (χ3n) is 6.50. The average Bonchev–Trinajstić information content (AvgIpc) is 2.97. The van der Waals surface area contributed by atoms with E-state index >= 15 is 0 Å². The van der Waals surface area contributed by atoms with Crippen molar-refractivity contribution in [3.8, 4) is 0 Å². The summed E-state index contributed by atoms with van der Waals surface area (Å²) in [5.41, 5.74) is 1.22. The standard InChI is InChI=1S/C23H39N3O3S2/c1-23(2,3)30(27)24-22(15-18-9-7-6-8-10-18)19-16-20-11-12-21(17-19)26(20)31(28,29)14-13-25(4)5/h6-10,19-22,24H,11-17H2,1-5H3/t19?,20-,21+,22-,30-/m0/s1. The van der Waals surface area contributed by atoms with Crippen LogP contribution in [0.4, 0.5) is 0 Å². The number of hydrogen-bond donors (Lipinski definition) is 1. The molecular formula is C23H39N3O3S2. The Kier molecular flexibility index (Phi) is 8.01. The van der Waals surface area contributed by atoms with E-state index in [1.807, 2.05) is 62.3 Å². The first kappa shape index (κ1) is 24.8. The number of nitrogens with zero attached hydrogens (tertiary/aromatic N) is 2. The minimum absolute atomic E-state index is 0.0668. The van der Waals surface area contributed by atoms with E-state index in [4.69, 9.17) is 0 Å². The van der Waals surface area contributed by atoms with Crippen LogP contribution in [0.2, 0.25) is 0 Å². The molecule has 5 atom stereocenters. The molecule has 0 saturated carbocycles. The third-order valence-corrected chi connectivity index (χ3v) is 10.1. The highest BCUT2D eigenvalue weighted by Crippen LogP contribution is 2.42. The Hall–Kier alpha value is -0.800. The second-order valence-electron chi connectivity index (χ2n) is 10.4. The lowest BCUT2D eigenvalue weighted by molar-refractivity contribution is 0.166. The van der Waals surface area contributed by atoms with Crippen LogP contribution >= 0.6 is 0 Å². The molecule has 0 radical (unpaired) electrons. The minimum atomic E-state index is -3.26. The smallest absolute Gasteiger partial charge is 0.215 e. The zero-order valence-corrected chi connectivity index (χ0v) is 21.2. The quantitative estimate of drug-likeness (QED) is 0.604. The Morgan fingerprint density at radius 1 is 1.13 bits per heavy atom. The summed E-state index contributed by atoms with van der Waals surface area (Å²) < 4.78 is 44.0. The third kappa shape index (κ3) is 6.38. The van der Waals surface area contributed by atoms with Gasteiger partial charge in [-0.25, -0.2) is 17.3 Å². The van der Waals surface area contributed by atoms with E-state index in [0.717, 1.165) is 32.1 Å². The van der Waals surface area contributed by atoms with Crippen molar-refractivity contribution < 1.29 is 12.6 Å². The Bertz CT molecular complexity index is 839. The molecule has 2 fully saturated rings. The molecule has 2 heterocycles. The highest BCUT2D eigenvalue weighted by molar-refractivity contribution is 7.89. The van der Waals surface area contributed by atoms with E-state index in [0.29, 0.717) is 12.5 Å². The van der Waals surface area contributed by atoms with Crippen molar-refractivity contribution in [2.24, 2.45) is 5.92 Å². The van der Waals surface area contributed by atoms with Crippen molar-refractivity contribution in [2.75, 3.05) is 26.4 Å². The molecule has 3 rings (SSSR count). The maximum absolute atomic E-state index is 13.1. The van der Waals surface area contributed by atoms with Gasteiger partial charge in [0.05, 0.1) is 21.5 Å². The van der Waals surface area contributed by atoms with Crippen molar-refractivity contribution in [1.82, 2.24) is 13.9 Å². The van der Waals surface area contributed by atoms with Crippen LogP contribution < -0.4 is 4.72 Å². The van der Waals surface area contributed by atoms with E-state index in [1.54, 1.807) is 0 Å². The van der Waals surface area contributed by atoms with Crippen LogP contribution in [-0.4, -0.2) is 71.1 Å². The molecule has 1 aromatic rings. The Balaban J connectivity index is 1.76. The van der Waals surface area contributed by atoms with Crippen molar-refractivity contribution >= 4 is 21.0 Å². The zero-order valence-electron chi connectivity index (χ0n) is 19.6. The predicted molar refractivity (Wildman–Crippen MR) is 129 cm³/mol. The van der Waals surface area contributed by atoms with Gasteiger partial charge in [-0.05, 0) is 78.5 Å². The van der Waals surface area contributed by atoms with Crippen LogP contribution in [0.3, 0.4) is 0 Å². The molecule has 176 valence electrons. The van der Waals surface area contributed by atoms with Crippen LogP contribution in [0, 0.1) is 5.92 Å². The maximum Gasteiger partial charge on any atom is 0.215 e. The number of piperidine rings is 1. The molecule has 1 N–H and O–H groups in total. The fourth-order valence-corrected chi connectivity index (χ4v) is 7.85. The predicted octanol–water partition coefficient (Wildman–Crippen LogP) is 2.78. The van der Waals surface area contributed by atoms with E-state index in [1.165, 1.54) is 5.56 Å². The van der Waals surface area contributed by atoms with Gasteiger partial charge in [0, 0.05) is 24.7 Å². The zero-order chi connectivity index (χ0) is 22.8. The van der Waals surface area contributed by atoms with Gasteiger partial charge >= 0.3 is 0 Å². The van der Waals surface area contributed by atoms with Gasteiger partial charge in [-0.1, -0.05) is 30.3 Å². The largest absolute Gasteiger partial charge is 0.308 e. The first-order valence-corrected chi connectivity index (χ1v) is 14.1. The first-order valence-electron chi connectivity index (χ1n) is 11.4. The van der Waals surface area contributed by atoms with Crippen LogP contribution in [0.25, 0.3) is 0 Å². The summed E-state index contributed by atoms with van der Waals surface area (Å²) in [5, 5.41) is 0. The molecule has 0 spiro atoms. The lowest BCUT2D eigenvalue weighted by atomic mass is 9.84. The number of fused-ring (bicyclic) bond motifs is 2. The van der Waals surface area contributed by atoms with Crippen LogP contribution in [0.15, 0.2) is 30.3 Å². The Morgan fingerprint density at radius 2 is 1.71 bits per heavy atom. The van der Waals surface area contributed by atoms with Gasteiger partial charge in [0.2, 0.25) is 10.0 Å². The molecule has 0 aliphatic carbocycles. The molecule has 6 nitrogen and oxygen atoms in total. The Morgan fingerprint density at radius 3 is 2.23 bits per heavy atom. The fraction of sp³-hybridized carbons (Fsp3) is 0.739. The van der Waals surface area contributed by atoms with Gasteiger partial charge in [-0.15, -0.1) is 0 Å². The second-order valence-corrected chi connectivity index (χ2v) is 14.4. The summed E-state index contributed by atoms with van der Waals surface area (Å²) in [6.07, 6.45) is 4.35. The highest BCUT2D eigenvalue weighted by Gasteiger charge is 2.48. The highest BCUT2D eigenvalue weighted by atomic mass is 32.2. The van der Waals surface area contributed by atoms with E-state index in [9.17, 15) is 12.6 Å². The molecule has 2 bridgehead atoms. The monoisotopic (exact) mass is 469 g/mol. The number of hydrogen-bond acceptors (Lipinski definition) is 4. The summed E-state index contributed by atoms with van der Waals surface area (Å²) in [6.45, 7) is 6.50. The van der Waals surface area contributed by atoms with Crippen LogP contribution in [0.5, 0.6) is 0 Å². The summed E-state index contributed by atoms with van der Waals surface area (Å²) >= 11 is 0. The topological polar surface area (TPSA) is 69.7 Å². The molecule has 0 amide bonds. The summed E-state index contributed by atoms with van der Waals surface area (Å²) in [4.78, 5) is 1.92. The van der Waals surface area contributed by atoms with Crippen molar-refractivity contribution in [2.45, 2.75) is 75.7 Å². The number of sulfonamides is 1. The molecule has 2 aliphatic heterocycles. The molecule has 1 aromatic carbocycles. The summed E-state index contributed by atoms with van der Waals surface area (Å²) in [7, 11) is -0.607. The molecule has 8 heteroatoms. The number of benzene rings is 1. The number of nitrogens with one attached hydrogen (secondary N) is 1. The van der Waals surface area contributed by atoms with Gasteiger partial charge in [-0.2, -0.15) is 4.31 Å². The molecule has 31 heavy (non-hydrogen) atoms. The second kappa shape index (κ2) is 10.00. The maximum atomic E-state index is 13.1. The van der Waals surface area contributed by atoms with Crippen LogP contribution in [-0.2, 0) is 27.4 Å². The van der Waals surface area contributed by atoms with Crippen molar-refractivity contribution in [1.29, 1.82) is 0 Å².